The number of piperazine rings is 1. The van der Waals surface area contributed by atoms with Crippen LogP contribution in [0.3, 0.4) is 0 Å². The van der Waals surface area contributed by atoms with Crippen molar-refractivity contribution < 1.29 is 8.42 Å². The van der Waals surface area contributed by atoms with Crippen LogP contribution in [0, 0.1) is 0 Å². The van der Waals surface area contributed by atoms with Crippen LogP contribution < -0.4 is 5.32 Å². The van der Waals surface area contributed by atoms with Gasteiger partial charge in [-0.25, -0.2) is 8.42 Å². The minimum Gasteiger partial charge on any atom is -0.314 e. The van der Waals surface area contributed by atoms with Crippen LogP contribution in [0.4, 0.5) is 0 Å². The number of likely N-dealkylation sites (N-methyl/N-ethyl adjacent to an activating group) is 2. The maximum absolute atomic E-state index is 12.5. The third-order valence-electron chi connectivity index (χ3n) is 3.67. The molecule has 1 aliphatic heterocycles. The fourth-order valence-corrected chi connectivity index (χ4v) is 4.43. The Hall–Kier alpha value is -0.210. The Labute approximate surface area is 124 Å². The van der Waals surface area contributed by atoms with Crippen molar-refractivity contribution in [2.45, 2.75) is 19.9 Å². The molecule has 1 aliphatic rings. The van der Waals surface area contributed by atoms with E-state index in [0.717, 1.165) is 32.7 Å². The van der Waals surface area contributed by atoms with E-state index in [1.54, 1.807) is 4.31 Å². The Kier molecular flexibility index (Phi) is 7.39. The molecule has 0 aromatic rings. The fraction of sp³-hybridized carbons (Fsp3) is 1.00. The van der Waals surface area contributed by atoms with Crippen molar-refractivity contribution in [2.24, 2.45) is 0 Å². The van der Waals surface area contributed by atoms with Crippen molar-refractivity contribution in [2.75, 3.05) is 65.7 Å². The molecule has 7 heteroatoms. The molecule has 0 aromatic carbocycles. The van der Waals surface area contributed by atoms with Crippen molar-refractivity contribution >= 4 is 10.0 Å². The quantitative estimate of drug-likeness (QED) is 0.655. The molecule has 0 saturated carbocycles. The highest BCUT2D eigenvalue weighted by atomic mass is 32.2. The van der Waals surface area contributed by atoms with Gasteiger partial charge in [-0.3, -0.25) is 4.90 Å². The first-order valence-electron chi connectivity index (χ1n) is 7.44. The average Bonchev–Trinajstić information content (AvgIpc) is 2.37. The molecule has 0 aliphatic carbocycles. The lowest BCUT2D eigenvalue weighted by Gasteiger charge is -2.31. The summed E-state index contributed by atoms with van der Waals surface area (Å²) >= 11 is 0. The van der Waals surface area contributed by atoms with Crippen LogP contribution in [0.5, 0.6) is 0 Å². The first-order chi connectivity index (χ1) is 9.36. The predicted molar refractivity (Wildman–Crippen MR) is 83.5 cm³/mol. The summed E-state index contributed by atoms with van der Waals surface area (Å²) in [6.07, 6.45) is 0. The van der Waals surface area contributed by atoms with Gasteiger partial charge in [-0.2, -0.15) is 4.31 Å². The summed E-state index contributed by atoms with van der Waals surface area (Å²) < 4.78 is 26.6. The van der Waals surface area contributed by atoms with E-state index in [-0.39, 0.29) is 11.8 Å². The molecule has 1 fully saturated rings. The van der Waals surface area contributed by atoms with Gasteiger partial charge in [0, 0.05) is 51.9 Å². The lowest BCUT2D eigenvalue weighted by atomic mass is 10.3. The number of hydrogen-bond acceptors (Lipinski definition) is 5. The molecule has 1 atom stereocenters. The minimum absolute atomic E-state index is 0.0167. The molecule has 0 radical (unpaired) electrons. The van der Waals surface area contributed by atoms with Crippen LogP contribution in [0.15, 0.2) is 0 Å². The third-order valence-corrected chi connectivity index (χ3v) is 5.70. The molecular weight excluding hydrogens is 276 g/mol. The molecular formula is C13H30N4O2S. The molecule has 1 N–H and O–H groups in total. The zero-order valence-electron chi connectivity index (χ0n) is 13.3. The predicted octanol–water partition coefficient (Wildman–Crippen LogP) is -0.507. The summed E-state index contributed by atoms with van der Waals surface area (Å²) in [6.45, 7) is 9.60. The van der Waals surface area contributed by atoms with Crippen molar-refractivity contribution in [3.63, 3.8) is 0 Å². The van der Waals surface area contributed by atoms with Crippen molar-refractivity contribution in [1.82, 2.24) is 19.4 Å². The molecule has 0 spiro atoms. The molecule has 120 valence electrons. The van der Waals surface area contributed by atoms with Gasteiger partial charge in [0.05, 0.1) is 5.75 Å². The normalized spacial score (nSPS) is 19.7. The van der Waals surface area contributed by atoms with E-state index < -0.39 is 10.0 Å². The van der Waals surface area contributed by atoms with Crippen molar-refractivity contribution in [1.29, 1.82) is 0 Å². The number of sulfonamides is 1. The SMILES string of the molecule is CCN(C(C)CN(C)C)S(=O)(=O)CCN1CCNCC1. The number of nitrogens with zero attached hydrogens (tertiary/aromatic N) is 3. The Morgan fingerprint density at radius 3 is 2.35 bits per heavy atom. The van der Waals surface area contributed by atoms with E-state index >= 15 is 0 Å². The Morgan fingerprint density at radius 2 is 1.85 bits per heavy atom. The van der Waals surface area contributed by atoms with E-state index in [2.05, 4.69) is 10.2 Å². The lowest BCUT2D eigenvalue weighted by molar-refractivity contribution is 0.247. The largest absolute Gasteiger partial charge is 0.314 e. The summed E-state index contributed by atoms with van der Waals surface area (Å²) in [6, 6.07) is 0.0167. The van der Waals surface area contributed by atoms with Crippen molar-refractivity contribution in [3.8, 4) is 0 Å². The second-order valence-corrected chi connectivity index (χ2v) is 7.76. The topological polar surface area (TPSA) is 55.9 Å². The highest BCUT2D eigenvalue weighted by molar-refractivity contribution is 7.89. The van der Waals surface area contributed by atoms with Crippen LogP contribution in [0.2, 0.25) is 0 Å². The molecule has 1 heterocycles. The summed E-state index contributed by atoms with van der Waals surface area (Å²) in [5.41, 5.74) is 0. The second-order valence-electron chi connectivity index (χ2n) is 5.72. The maximum atomic E-state index is 12.5. The van der Waals surface area contributed by atoms with Crippen molar-refractivity contribution in [3.05, 3.63) is 0 Å². The van der Waals surface area contributed by atoms with E-state index in [0.29, 0.717) is 13.1 Å². The second kappa shape index (κ2) is 8.29. The third kappa shape index (κ3) is 5.65. The number of nitrogens with one attached hydrogen (secondary N) is 1. The van der Waals surface area contributed by atoms with Crippen LogP contribution in [-0.4, -0.2) is 94.2 Å². The van der Waals surface area contributed by atoms with Crippen LogP contribution in [0.1, 0.15) is 13.8 Å². The van der Waals surface area contributed by atoms with Crippen LogP contribution in [0.25, 0.3) is 0 Å². The van der Waals surface area contributed by atoms with E-state index in [9.17, 15) is 8.42 Å². The maximum Gasteiger partial charge on any atom is 0.215 e. The fourth-order valence-electron chi connectivity index (χ4n) is 2.70. The van der Waals surface area contributed by atoms with Gasteiger partial charge in [0.25, 0.3) is 0 Å². The van der Waals surface area contributed by atoms with E-state index in [4.69, 9.17) is 0 Å². The summed E-state index contributed by atoms with van der Waals surface area (Å²) in [5, 5.41) is 3.28. The van der Waals surface area contributed by atoms with Gasteiger partial charge < -0.3 is 10.2 Å². The molecule has 6 nitrogen and oxygen atoms in total. The molecule has 0 aromatic heterocycles. The van der Waals surface area contributed by atoms with Gasteiger partial charge in [0.1, 0.15) is 0 Å². The van der Waals surface area contributed by atoms with E-state index in [1.807, 2.05) is 32.8 Å². The molecule has 20 heavy (non-hydrogen) atoms. The summed E-state index contributed by atoms with van der Waals surface area (Å²) in [7, 11) is 0.768. The molecule has 1 unspecified atom stereocenters. The van der Waals surface area contributed by atoms with Crippen LogP contribution in [-0.2, 0) is 10.0 Å². The van der Waals surface area contributed by atoms with E-state index in [1.165, 1.54) is 0 Å². The molecule has 0 bridgehead atoms. The standard InChI is InChI=1S/C13H30N4O2S/c1-5-17(13(2)12-15(3)4)20(18,19)11-10-16-8-6-14-7-9-16/h13-14H,5-12H2,1-4H3. The zero-order valence-corrected chi connectivity index (χ0v) is 14.1. The van der Waals surface area contributed by atoms with Gasteiger partial charge in [0.2, 0.25) is 10.0 Å². The van der Waals surface area contributed by atoms with Gasteiger partial charge in [-0.1, -0.05) is 6.92 Å². The molecule has 0 amide bonds. The minimum atomic E-state index is -3.17. The zero-order chi connectivity index (χ0) is 15.2. The monoisotopic (exact) mass is 306 g/mol. The Bertz CT molecular complexity index is 367. The number of rotatable bonds is 8. The molecule has 1 saturated heterocycles. The highest BCUT2D eigenvalue weighted by Gasteiger charge is 2.26. The van der Waals surface area contributed by atoms with Gasteiger partial charge in [-0.15, -0.1) is 0 Å². The summed E-state index contributed by atoms with van der Waals surface area (Å²) in [4.78, 5) is 4.25. The van der Waals surface area contributed by atoms with Gasteiger partial charge in [0.15, 0.2) is 0 Å². The first-order valence-corrected chi connectivity index (χ1v) is 9.05. The first kappa shape index (κ1) is 17.8. The lowest BCUT2D eigenvalue weighted by Crippen LogP contribution is -2.48. The molecule has 1 rings (SSSR count). The van der Waals surface area contributed by atoms with Gasteiger partial charge >= 0.3 is 0 Å². The van der Waals surface area contributed by atoms with Crippen LogP contribution >= 0.6 is 0 Å². The summed E-state index contributed by atoms with van der Waals surface area (Å²) in [5.74, 6) is 0.221. The highest BCUT2D eigenvalue weighted by Crippen LogP contribution is 2.09. The average molecular weight is 306 g/mol. The smallest absolute Gasteiger partial charge is 0.215 e. The van der Waals surface area contributed by atoms with Gasteiger partial charge in [-0.05, 0) is 21.0 Å². The Morgan fingerprint density at radius 1 is 1.25 bits per heavy atom. The number of hydrogen-bond donors (Lipinski definition) is 1. The Balaban J connectivity index is 2.54.